The average Bonchev–Trinajstić information content (AvgIpc) is 2.28. The van der Waals surface area contributed by atoms with Crippen LogP contribution in [0.3, 0.4) is 0 Å². The van der Waals surface area contributed by atoms with Gasteiger partial charge in [0.05, 0.1) is 5.69 Å². The maximum atomic E-state index is 13.0. The minimum atomic E-state index is -0.499. The molecule has 2 aromatic rings. The SMILES string of the molecule is Cc1cc(CN)cnc1-c1ccnc(F)c1. The van der Waals surface area contributed by atoms with Crippen molar-refractivity contribution in [3.05, 3.63) is 47.7 Å². The number of hydrogen-bond donors (Lipinski definition) is 1. The Morgan fingerprint density at radius 2 is 2.12 bits per heavy atom. The molecule has 0 atom stereocenters. The highest BCUT2D eigenvalue weighted by Crippen LogP contribution is 2.21. The van der Waals surface area contributed by atoms with Crippen LogP contribution in [0.2, 0.25) is 0 Å². The quantitative estimate of drug-likeness (QED) is 0.783. The van der Waals surface area contributed by atoms with Gasteiger partial charge in [0, 0.05) is 30.6 Å². The zero-order chi connectivity index (χ0) is 11.5. The molecule has 0 aliphatic heterocycles. The first-order valence-corrected chi connectivity index (χ1v) is 4.98. The number of aryl methyl sites for hydroxylation is 1. The number of hydrogen-bond acceptors (Lipinski definition) is 3. The van der Waals surface area contributed by atoms with E-state index in [1.807, 2.05) is 13.0 Å². The molecule has 2 rings (SSSR count). The lowest BCUT2D eigenvalue weighted by Gasteiger charge is -2.06. The van der Waals surface area contributed by atoms with Crippen molar-refractivity contribution in [3.63, 3.8) is 0 Å². The van der Waals surface area contributed by atoms with Crippen LogP contribution >= 0.6 is 0 Å². The van der Waals surface area contributed by atoms with Gasteiger partial charge in [-0.05, 0) is 24.1 Å². The van der Waals surface area contributed by atoms with E-state index in [1.165, 1.54) is 12.3 Å². The van der Waals surface area contributed by atoms with Crippen molar-refractivity contribution in [2.24, 2.45) is 5.73 Å². The van der Waals surface area contributed by atoms with Gasteiger partial charge < -0.3 is 5.73 Å². The first-order chi connectivity index (χ1) is 7.70. The highest BCUT2D eigenvalue weighted by Gasteiger charge is 2.05. The monoisotopic (exact) mass is 217 g/mol. The molecular formula is C12H12FN3. The van der Waals surface area contributed by atoms with Gasteiger partial charge in [-0.25, -0.2) is 4.98 Å². The molecule has 0 saturated carbocycles. The third kappa shape index (κ3) is 2.06. The van der Waals surface area contributed by atoms with Crippen molar-refractivity contribution < 1.29 is 4.39 Å². The Balaban J connectivity index is 2.48. The second-order valence-corrected chi connectivity index (χ2v) is 3.58. The molecule has 0 aliphatic carbocycles. The minimum Gasteiger partial charge on any atom is -0.326 e. The van der Waals surface area contributed by atoms with E-state index in [0.717, 1.165) is 22.4 Å². The van der Waals surface area contributed by atoms with E-state index in [4.69, 9.17) is 5.73 Å². The van der Waals surface area contributed by atoms with E-state index in [0.29, 0.717) is 6.54 Å². The lowest BCUT2D eigenvalue weighted by atomic mass is 10.1. The van der Waals surface area contributed by atoms with E-state index >= 15 is 0 Å². The molecule has 2 aromatic heterocycles. The van der Waals surface area contributed by atoms with Crippen molar-refractivity contribution >= 4 is 0 Å². The third-order valence-electron chi connectivity index (χ3n) is 2.37. The molecule has 82 valence electrons. The predicted octanol–water partition coefficient (Wildman–Crippen LogP) is 2.05. The summed E-state index contributed by atoms with van der Waals surface area (Å²) in [5.41, 5.74) is 8.96. The summed E-state index contributed by atoms with van der Waals surface area (Å²) in [5, 5.41) is 0. The fourth-order valence-electron chi connectivity index (χ4n) is 1.60. The molecule has 4 heteroatoms. The molecule has 0 amide bonds. The fraction of sp³-hybridized carbons (Fsp3) is 0.167. The lowest BCUT2D eigenvalue weighted by Crippen LogP contribution is -1.99. The van der Waals surface area contributed by atoms with Gasteiger partial charge in [-0.2, -0.15) is 4.39 Å². The lowest BCUT2D eigenvalue weighted by molar-refractivity contribution is 0.584. The van der Waals surface area contributed by atoms with Crippen molar-refractivity contribution in [2.75, 3.05) is 0 Å². The maximum Gasteiger partial charge on any atom is 0.213 e. The number of nitrogens with two attached hydrogens (primary N) is 1. The topological polar surface area (TPSA) is 51.8 Å². The van der Waals surface area contributed by atoms with Crippen LogP contribution in [-0.2, 0) is 6.54 Å². The molecule has 0 bridgehead atoms. The highest BCUT2D eigenvalue weighted by molar-refractivity contribution is 5.62. The Morgan fingerprint density at radius 1 is 1.31 bits per heavy atom. The summed E-state index contributed by atoms with van der Waals surface area (Å²) >= 11 is 0. The Kier molecular flexibility index (Phi) is 2.92. The number of halogens is 1. The van der Waals surface area contributed by atoms with Crippen molar-refractivity contribution in [1.29, 1.82) is 0 Å². The van der Waals surface area contributed by atoms with Crippen LogP contribution < -0.4 is 5.73 Å². The molecular weight excluding hydrogens is 205 g/mol. The van der Waals surface area contributed by atoms with Gasteiger partial charge in [-0.3, -0.25) is 4.98 Å². The maximum absolute atomic E-state index is 13.0. The smallest absolute Gasteiger partial charge is 0.213 e. The Morgan fingerprint density at radius 3 is 2.75 bits per heavy atom. The predicted molar refractivity (Wildman–Crippen MR) is 60.1 cm³/mol. The minimum absolute atomic E-state index is 0.457. The summed E-state index contributed by atoms with van der Waals surface area (Å²) in [6.07, 6.45) is 3.14. The molecule has 2 heterocycles. The van der Waals surface area contributed by atoms with Crippen LogP contribution in [0, 0.1) is 12.9 Å². The Bertz CT molecular complexity index is 511. The number of rotatable bonds is 2. The van der Waals surface area contributed by atoms with Crippen LogP contribution in [0.15, 0.2) is 30.6 Å². The average molecular weight is 217 g/mol. The van der Waals surface area contributed by atoms with E-state index in [-0.39, 0.29) is 0 Å². The van der Waals surface area contributed by atoms with Crippen molar-refractivity contribution in [2.45, 2.75) is 13.5 Å². The number of pyridine rings is 2. The van der Waals surface area contributed by atoms with E-state index < -0.39 is 5.95 Å². The number of aromatic nitrogens is 2. The van der Waals surface area contributed by atoms with Gasteiger partial charge >= 0.3 is 0 Å². The standard InChI is InChI=1S/C12H12FN3/c1-8-4-9(6-14)7-16-12(8)10-2-3-15-11(13)5-10/h2-5,7H,6,14H2,1H3. The molecule has 2 N–H and O–H groups in total. The Hall–Kier alpha value is -1.81. The van der Waals surface area contributed by atoms with E-state index in [1.54, 1.807) is 12.3 Å². The van der Waals surface area contributed by atoms with Crippen molar-refractivity contribution in [3.8, 4) is 11.3 Å². The van der Waals surface area contributed by atoms with Gasteiger partial charge in [0.2, 0.25) is 5.95 Å². The first kappa shape index (κ1) is 10.7. The number of nitrogens with zero attached hydrogens (tertiary/aromatic N) is 2. The Labute approximate surface area is 93.2 Å². The highest BCUT2D eigenvalue weighted by atomic mass is 19.1. The van der Waals surface area contributed by atoms with Crippen molar-refractivity contribution in [1.82, 2.24) is 9.97 Å². The van der Waals surface area contributed by atoms with Crippen LogP contribution in [-0.4, -0.2) is 9.97 Å². The molecule has 0 saturated heterocycles. The van der Waals surface area contributed by atoms with Gasteiger partial charge in [-0.1, -0.05) is 6.07 Å². The molecule has 16 heavy (non-hydrogen) atoms. The summed E-state index contributed by atoms with van der Waals surface area (Å²) in [6, 6.07) is 5.07. The zero-order valence-electron chi connectivity index (χ0n) is 8.94. The summed E-state index contributed by atoms with van der Waals surface area (Å²) in [6.45, 7) is 2.39. The molecule has 0 aromatic carbocycles. The zero-order valence-corrected chi connectivity index (χ0v) is 8.94. The van der Waals surface area contributed by atoms with Gasteiger partial charge in [0.1, 0.15) is 0 Å². The second-order valence-electron chi connectivity index (χ2n) is 3.58. The van der Waals surface area contributed by atoms with E-state index in [9.17, 15) is 4.39 Å². The van der Waals surface area contributed by atoms with Crippen LogP contribution in [0.1, 0.15) is 11.1 Å². The van der Waals surface area contributed by atoms with Gasteiger partial charge in [-0.15, -0.1) is 0 Å². The molecule has 0 unspecified atom stereocenters. The van der Waals surface area contributed by atoms with Gasteiger partial charge in [0.15, 0.2) is 0 Å². The van der Waals surface area contributed by atoms with Crippen LogP contribution in [0.4, 0.5) is 4.39 Å². The summed E-state index contributed by atoms with van der Waals surface area (Å²) in [5.74, 6) is -0.499. The second kappa shape index (κ2) is 4.37. The van der Waals surface area contributed by atoms with E-state index in [2.05, 4.69) is 9.97 Å². The summed E-state index contributed by atoms with van der Waals surface area (Å²) < 4.78 is 13.0. The first-order valence-electron chi connectivity index (χ1n) is 4.98. The molecule has 3 nitrogen and oxygen atoms in total. The summed E-state index contributed by atoms with van der Waals surface area (Å²) in [7, 11) is 0. The van der Waals surface area contributed by atoms with Crippen LogP contribution in [0.25, 0.3) is 11.3 Å². The summed E-state index contributed by atoms with van der Waals surface area (Å²) in [4.78, 5) is 7.80. The molecule has 0 fully saturated rings. The van der Waals surface area contributed by atoms with Crippen LogP contribution in [0.5, 0.6) is 0 Å². The molecule has 0 aliphatic rings. The fourth-order valence-corrected chi connectivity index (χ4v) is 1.60. The largest absolute Gasteiger partial charge is 0.326 e. The molecule has 0 radical (unpaired) electrons. The molecule has 0 spiro atoms. The van der Waals surface area contributed by atoms with Gasteiger partial charge in [0.25, 0.3) is 0 Å². The normalized spacial score (nSPS) is 10.4. The third-order valence-corrected chi connectivity index (χ3v) is 2.37.